The molecule has 13 nitrogen and oxygen atoms in total. The number of allylic oxidation sites excluding steroid dienone is 1. The van der Waals surface area contributed by atoms with Crippen LogP contribution in [0.25, 0.3) is 5.57 Å². The van der Waals surface area contributed by atoms with Crippen molar-refractivity contribution in [1.82, 2.24) is 14.7 Å². The second-order valence-electron chi connectivity index (χ2n) is 20.9. The van der Waals surface area contributed by atoms with Gasteiger partial charge in [-0.1, -0.05) is 67.3 Å². The van der Waals surface area contributed by atoms with Crippen molar-refractivity contribution < 1.29 is 43.5 Å². The van der Waals surface area contributed by atoms with Crippen LogP contribution in [0.5, 0.6) is 0 Å². The summed E-state index contributed by atoms with van der Waals surface area (Å²) in [4.78, 5) is 52.5. The zero-order chi connectivity index (χ0) is 47.4. The fraction of sp³-hybridized carbons (Fsp3) is 0.566. The minimum absolute atomic E-state index is 0.0617. The highest BCUT2D eigenvalue weighted by Crippen LogP contribution is 2.70. The molecular weight excluding hydrogens is 847 g/mol. The average molecular weight is 915 g/mol. The van der Waals surface area contributed by atoms with Gasteiger partial charge in [-0.3, -0.25) is 19.4 Å². The molecule has 2 bridgehead atoms. The molecule has 2 aromatic rings. The Morgan fingerprint density at radius 1 is 0.925 bits per heavy atom. The molecule has 0 radical (unpaired) electrons. The normalized spacial score (nSPS) is 38.1. The number of anilines is 2. The van der Waals surface area contributed by atoms with Gasteiger partial charge >= 0.3 is 17.9 Å². The van der Waals surface area contributed by atoms with E-state index in [1.165, 1.54) is 21.1 Å². The highest BCUT2D eigenvalue weighted by molar-refractivity contribution is 6.67. The molecule has 2 N–H and O–H groups in total. The smallest absolute Gasteiger partial charge is 0.344 e. The SMILES string of the molecule is CC[C@]1(O)C[C@H]2CN(CCC3=C(Bc4ccc(N(C)c5ccccc5)cc43)[C@@](C(=O)OC)(C3C=C4C(=CC3OC)N(C)[C@H]3[C@@](O)(C(=O)OC)[C@H](OC(C)=O)[C@]5(CC)C=CCN6CC[C@]43[C@@H]65)C2)C1. The third-order valence-corrected chi connectivity index (χ3v) is 18.0. The lowest BCUT2D eigenvalue weighted by Gasteiger charge is -2.63. The van der Waals surface area contributed by atoms with Crippen LogP contribution in [0, 0.1) is 28.1 Å². The minimum atomic E-state index is -2.29. The van der Waals surface area contributed by atoms with Crippen molar-refractivity contribution in [2.24, 2.45) is 28.1 Å². The number of likely N-dealkylation sites (tertiary alicyclic amines) is 1. The Kier molecular flexibility index (Phi) is 11.3. The number of hydrogen-bond acceptors (Lipinski definition) is 13. The fourth-order valence-corrected chi connectivity index (χ4v) is 15.4. The topological polar surface area (TPSA) is 142 Å². The summed E-state index contributed by atoms with van der Waals surface area (Å²) in [6.45, 7) is 8.76. The molecule has 3 unspecified atom stereocenters. The van der Waals surface area contributed by atoms with Crippen molar-refractivity contribution in [2.45, 2.75) is 94.8 Å². The number of likely N-dealkylation sites (N-methyl/N-ethyl adjacent to an activating group) is 1. The highest BCUT2D eigenvalue weighted by atomic mass is 16.6. The van der Waals surface area contributed by atoms with Crippen molar-refractivity contribution >= 4 is 47.6 Å². The number of nitrogens with zero attached hydrogens (tertiary/aromatic N) is 4. The summed E-state index contributed by atoms with van der Waals surface area (Å²) in [6, 6.07) is 15.8. The van der Waals surface area contributed by atoms with Crippen LogP contribution in [-0.4, -0.2) is 154 Å². The predicted molar refractivity (Wildman–Crippen MR) is 257 cm³/mol. The molecule has 356 valence electrons. The molecule has 8 aliphatic rings. The van der Waals surface area contributed by atoms with E-state index in [1.807, 2.05) is 44.0 Å². The molecule has 0 amide bonds. The van der Waals surface area contributed by atoms with Crippen LogP contribution >= 0.6 is 0 Å². The third-order valence-electron chi connectivity index (χ3n) is 18.0. The van der Waals surface area contributed by atoms with Crippen molar-refractivity contribution in [3.05, 3.63) is 95.1 Å². The van der Waals surface area contributed by atoms with Gasteiger partial charge in [0, 0.05) is 94.2 Å². The number of esters is 3. The zero-order valence-corrected chi connectivity index (χ0v) is 40.4. The highest BCUT2D eigenvalue weighted by Gasteiger charge is 2.81. The summed E-state index contributed by atoms with van der Waals surface area (Å²) in [7, 11) is 8.98. The van der Waals surface area contributed by atoms with E-state index in [-0.39, 0.29) is 17.9 Å². The van der Waals surface area contributed by atoms with E-state index in [1.54, 1.807) is 7.11 Å². The van der Waals surface area contributed by atoms with E-state index < -0.39 is 63.6 Å². The first-order valence-electron chi connectivity index (χ1n) is 24.4. The summed E-state index contributed by atoms with van der Waals surface area (Å²) < 4.78 is 24.5. The summed E-state index contributed by atoms with van der Waals surface area (Å²) in [6.07, 6.45) is 9.92. The average Bonchev–Trinajstić information content (AvgIpc) is 4.00. The number of fused-ring (bicyclic) bond motifs is 5. The van der Waals surface area contributed by atoms with Crippen LogP contribution in [0.3, 0.4) is 0 Å². The predicted octanol–water partition coefficient (Wildman–Crippen LogP) is 4.30. The van der Waals surface area contributed by atoms with Gasteiger partial charge in [0.25, 0.3) is 0 Å². The van der Waals surface area contributed by atoms with Gasteiger partial charge in [0.1, 0.15) is 0 Å². The van der Waals surface area contributed by atoms with Gasteiger partial charge in [0.05, 0.1) is 37.4 Å². The lowest BCUT2D eigenvalue weighted by molar-refractivity contribution is -0.243. The fourth-order valence-electron chi connectivity index (χ4n) is 15.4. The molecule has 6 heterocycles. The number of ether oxygens (including phenoxy) is 4. The quantitative estimate of drug-likeness (QED) is 0.160. The Hall–Kier alpha value is -4.73. The number of methoxy groups -OCH3 is 3. The molecule has 0 aromatic heterocycles. The van der Waals surface area contributed by atoms with E-state index in [4.69, 9.17) is 18.9 Å². The van der Waals surface area contributed by atoms with Crippen LogP contribution in [-0.2, 0) is 33.3 Å². The van der Waals surface area contributed by atoms with E-state index in [0.29, 0.717) is 65.4 Å². The first-order chi connectivity index (χ1) is 32.1. The third kappa shape index (κ3) is 6.41. The molecule has 1 spiro atoms. The summed E-state index contributed by atoms with van der Waals surface area (Å²) in [5.41, 5.74) is 1.97. The van der Waals surface area contributed by atoms with Gasteiger partial charge in [-0.2, -0.15) is 0 Å². The lowest BCUT2D eigenvalue weighted by atomic mass is 9.46. The van der Waals surface area contributed by atoms with Crippen LogP contribution in [0.15, 0.2) is 89.6 Å². The van der Waals surface area contributed by atoms with Gasteiger partial charge in [-0.05, 0) is 98.0 Å². The Bertz CT molecular complexity index is 2490. The van der Waals surface area contributed by atoms with Gasteiger partial charge in [0.2, 0.25) is 5.60 Å². The molecule has 14 heteroatoms. The molecule has 3 saturated heterocycles. The van der Waals surface area contributed by atoms with E-state index in [2.05, 4.69) is 76.4 Å². The molecule has 4 fully saturated rings. The number of carbonyl (C=O) groups is 3. The standard InChI is InChI=1S/C53H67BN4O9/c1-9-49(62)28-33-29-52(47(60)65-7,43-36(19-23-57(30-33)31-49)37-25-35(17-18-40(37)54-43)55(4)34-15-12-11-13-16-34)39-26-38-41(27-42(39)64-6)56(5)45-51(38)21-24-58-22-14-20-50(10-2,44(51)58)46(67-32(3)59)53(45,63)48(61)66-8/h11-18,20,25-27,33,39,42,44-46,54,62-63H,9-10,19,21-24,28-31H2,1-8H3/t33-,39?,42?,44+,45-,46-,49+,50-,51-,52+,53+/m1/s1. The number of hydrogen-bond donors (Lipinski definition) is 2. The van der Waals surface area contributed by atoms with Gasteiger partial charge < -0.3 is 39.0 Å². The number of para-hydroxylation sites is 1. The first kappa shape index (κ1) is 46.0. The monoisotopic (exact) mass is 915 g/mol. The second kappa shape index (κ2) is 16.5. The molecule has 1 saturated carbocycles. The van der Waals surface area contributed by atoms with Crippen LogP contribution in [0.2, 0.25) is 0 Å². The molecule has 67 heavy (non-hydrogen) atoms. The van der Waals surface area contributed by atoms with Crippen molar-refractivity contribution in [1.29, 1.82) is 0 Å². The van der Waals surface area contributed by atoms with Crippen molar-refractivity contribution in [3.63, 3.8) is 0 Å². The summed E-state index contributed by atoms with van der Waals surface area (Å²) >= 11 is 0. The Morgan fingerprint density at radius 2 is 1.69 bits per heavy atom. The van der Waals surface area contributed by atoms with Crippen LogP contribution in [0.4, 0.5) is 11.4 Å². The van der Waals surface area contributed by atoms with Gasteiger partial charge in [-0.25, -0.2) is 4.79 Å². The van der Waals surface area contributed by atoms with Gasteiger partial charge in [0.15, 0.2) is 13.4 Å². The first-order valence-corrected chi connectivity index (χ1v) is 24.4. The second-order valence-corrected chi connectivity index (χ2v) is 20.9. The maximum absolute atomic E-state index is 15.7. The minimum Gasteiger partial charge on any atom is -0.468 e. The number of aliphatic hydroxyl groups is 2. The summed E-state index contributed by atoms with van der Waals surface area (Å²) in [5, 5.41) is 25.7. The molecule has 2 aliphatic carbocycles. The number of piperidine rings is 1. The van der Waals surface area contributed by atoms with Crippen molar-refractivity contribution in [3.8, 4) is 0 Å². The molecule has 6 aliphatic heterocycles. The van der Waals surface area contributed by atoms with Crippen LogP contribution in [0.1, 0.15) is 64.9 Å². The van der Waals surface area contributed by atoms with Gasteiger partial charge in [-0.15, -0.1) is 0 Å². The molecule has 10 rings (SSSR count). The van der Waals surface area contributed by atoms with E-state index in [0.717, 1.165) is 57.8 Å². The molecule has 2 aromatic carbocycles. The number of carbonyl (C=O) groups excluding carboxylic acids is 3. The molecular formula is C53H67BN4O9. The van der Waals surface area contributed by atoms with E-state index >= 15 is 4.79 Å². The largest absolute Gasteiger partial charge is 0.468 e. The Labute approximate surface area is 395 Å². The Balaban J connectivity index is 1.22. The maximum Gasteiger partial charge on any atom is 0.344 e. The Morgan fingerprint density at radius 3 is 2.37 bits per heavy atom. The zero-order valence-electron chi connectivity index (χ0n) is 40.4. The van der Waals surface area contributed by atoms with E-state index in [9.17, 15) is 19.8 Å². The summed E-state index contributed by atoms with van der Waals surface area (Å²) in [5.74, 6) is -2.45. The number of benzene rings is 2. The van der Waals surface area contributed by atoms with Crippen LogP contribution < -0.4 is 10.4 Å². The molecule has 12 atom stereocenters. The van der Waals surface area contributed by atoms with Crippen molar-refractivity contribution in [2.75, 3.05) is 73.0 Å². The number of rotatable bonds is 9. The lowest BCUT2D eigenvalue weighted by Crippen LogP contribution is -2.79. The maximum atomic E-state index is 15.7.